The van der Waals surface area contributed by atoms with Gasteiger partial charge in [-0.3, -0.25) is 18.9 Å². The van der Waals surface area contributed by atoms with E-state index in [1.165, 1.54) is 28.1 Å². The number of nitrogen functional groups attached to an aromatic ring is 2. The summed E-state index contributed by atoms with van der Waals surface area (Å²) in [6, 6.07) is 0. The third kappa shape index (κ3) is 4.95. The molecular formula is C20H20F2N10O8P2S+2. The van der Waals surface area contributed by atoms with Crippen LogP contribution in [-0.2, 0) is 32.0 Å². The third-order valence-corrected chi connectivity index (χ3v) is 10.1. The first-order valence-electron chi connectivity index (χ1n) is 12.5. The van der Waals surface area contributed by atoms with E-state index < -0.39 is 82.8 Å². The molecule has 10 atom stereocenters. The Labute approximate surface area is 243 Å². The number of nitrogens with zero attached hydrogens (tertiary/aromatic N) is 7. The molecule has 0 aliphatic carbocycles. The van der Waals surface area contributed by atoms with Crippen LogP contribution in [0.5, 0.6) is 0 Å². The Morgan fingerprint density at radius 2 is 1.65 bits per heavy atom. The van der Waals surface area contributed by atoms with Crippen molar-refractivity contribution in [2.24, 2.45) is 0 Å². The van der Waals surface area contributed by atoms with Crippen LogP contribution in [0, 0.1) is 0 Å². The molecule has 2 bridgehead atoms. The fourth-order valence-electron chi connectivity index (χ4n) is 5.06. The Bertz CT molecular complexity index is 1810. The van der Waals surface area contributed by atoms with Crippen molar-refractivity contribution < 1.29 is 40.7 Å². The van der Waals surface area contributed by atoms with Crippen LogP contribution < -0.4 is 17.0 Å². The number of aromatic amines is 1. The fraction of sp³-hybridized carbons (Fsp3) is 0.500. The maximum Gasteiger partial charge on any atom is 0.697 e. The van der Waals surface area contributed by atoms with Crippen molar-refractivity contribution in [2.45, 2.75) is 47.5 Å². The number of rotatable bonds is 2. The number of fused-ring (bicyclic) bond motifs is 5. The lowest BCUT2D eigenvalue weighted by Crippen LogP contribution is -2.32. The van der Waals surface area contributed by atoms with Gasteiger partial charge in [-0.2, -0.15) is 4.98 Å². The van der Waals surface area contributed by atoms with Crippen LogP contribution in [0.15, 0.2) is 23.8 Å². The van der Waals surface area contributed by atoms with Gasteiger partial charge in [-0.1, -0.05) is 0 Å². The topological polar surface area (TPSA) is 239 Å². The van der Waals surface area contributed by atoms with Gasteiger partial charge in [-0.25, -0.2) is 28.7 Å². The van der Waals surface area contributed by atoms with Crippen LogP contribution in [0.25, 0.3) is 22.3 Å². The summed E-state index contributed by atoms with van der Waals surface area (Å²) in [5.41, 5.74) is 11.2. The quantitative estimate of drug-likeness (QED) is 0.258. The lowest BCUT2D eigenvalue weighted by atomic mass is 10.1. The summed E-state index contributed by atoms with van der Waals surface area (Å²) in [7, 11) is -6.01. The van der Waals surface area contributed by atoms with E-state index in [4.69, 9.17) is 34.3 Å². The van der Waals surface area contributed by atoms with E-state index in [0.717, 1.165) is 11.8 Å². The summed E-state index contributed by atoms with van der Waals surface area (Å²) in [5.74, 6) is -0.131. The number of thioether (sulfide) groups is 1. The molecule has 23 heteroatoms. The smallest absolute Gasteiger partial charge is 0.382 e. The molecule has 2 unspecified atom stereocenters. The highest BCUT2D eigenvalue weighted by molar-refractivity contribution is 8.00. The zero-order valence-corrected chi connectivity index (χ0v) is 24.0. The van der Waals surface area contributed by atoms with Crippen molar-refractivity contribution in [1.29, 1.82) is 0 Å². The van der Waals surface area contributed by atoms with E-state index >= 15 is 8.78 Å². The molecule has 43 heavy (non-hydrogen) atoms. The Hall–Kier alpha value is -3.29. The largest absolute Gasteiger partial charge is 0.697 e. The zero-order chi connectivity index (χ0) is 30.0. The maximum absolute atomic E-state index is 15.8. The first kappa shape index (κ1) is 28.5. The average Bonchev–Trinajstić information content (AvgIpc) is 3.72. The number of nitrogens with one attached hydrogen (secondary N) is 1. The number of hydrogen-bond acceptors (Lipinski definition) is 16. The molecule has 3 aliphatic rings. The molecule has 0 amide bonds. The minimum atomic E-state index is -3.02. The summed E-state index contributed by atoms with van der Waals surface area (Å²) >= 11 is 0.968. The Morgan fingerprint density at radius 3 is 2.47 bits per heavy atom. The van der Waals surface area contributed by atoms with Crippen LogP contribution in [-0.4, -0.2) is 88.2 Å². The highest BCUT2D eigenvalue weighted by atomic mass is 32.2. The Balaban J connectivity index is 1.16. The van der Waals surface area contributed by atoms with E-state index in [0.29, 0.717) is 0 Å². The van der Waals surface area contributed by atoms with Crippen molar-refractivity contribution in [3.8, 4) is 0 Å². The molecule has 18 nitrogen and oxygen atoms in total. The van der Waals surface area contributed by atoms with E-state index in [9.17, 15) is 13.9 Å². The number of hydrogen-bond donors (Lipinski definition) is 3. The summed E-state index contributed by atoms with van der Waals surface area (Å²) < 4.78 is 87.2. The van der Waals surface area contributed by atoms with E-state index in [1.807, 2.05) is 0 Å². The van der Waals surface area contributed by atoms with Gasteiger partial charge in [0, 0.05) is 9.13 Å². The predicted octanol–water partition coefficient (Wildman–Crippen LogP) is 1.44. The first-order valence-corrected chi connectivity index (χ1v) is 15.6. The molecule has 0 aromatic carbocycles. The highest BCUT2D eigenvalue weighted by Crippen LogP contribution is 2.51. The van der Waals surface area contributed by atoms with Gasteiger partial charge in [0.2, 0.25) is 5.95 Å². The van der Waals surface area contributed by atoms with E-state index in [-0.39, 0.29) is 34.1 Å². The minimum absolute atomic E-state index is 0.0362. The molecule has 4 aromatic rings. The Morgan fingerprint density at radius 1 is 0.930 bits per heavy atom. The second kappa shape index (κ2) is 11.0. The Kier molecular flexibility index (Phi) is 7.29. The number of H-pyrrole nitrogens is 1. The third-order valence-electron chi connectivity index (χ3n) is 7.02. The van der Waals surface area contributed by atoms with Gasteiger partial charge in [0.1, 0.15) is 42.7 Å². The summed E-state index contributed by atoms with van der Waals surface area (Å²) in [6.07, 6.45) is -5.69. The van der Waals surface area contributed by atoms with Crippen LogP contribution in [0.1, 0.15) is 11.6 Å². The maximum atomic E-state index is 15.8. The van der Waals surface area contributed by atoms with Crippen LogP contribution in [0.2, 0.25) is 0 Å². The van der Waals surface area contributed by atoms with Crippen LogP contribution >= 0.6 is 28.3 Å². The first-order chi connectivity index (χ1) is 20.7. The molecule has 7 rings (SSSR count). The lowest BCUT2D eigenvalue weighted by Gasteiger charge is -2.16. The average molecular weight is 660 g/mol. The van der Waals surface area contributed by atoms with Gasteiger partial charge < -0.3 is 16.2 Å². The van der Waals surface area contributed by atoms with Crippen molar-refractivity contribution in [2.75, 3.05) is 24.7 Å². The van der Waals surface area contributed by atoms with Crippen molar-refractivity contribution >= 4 is 62.4 Å². The second-order valence-electron chi connectivity index (χ2n) is 9.56. The van der Waals surface area contributed by atoms with E-state index in [1.54, 1.807) is 0 Å². The van der Waals surface area contributed by atoms with Gasteiger partial charge in [0.05, 0.1) is 17.9 Å². The van der Waals surface area contributed by atoms with Crippen molar-refractivity contribution in [3.63, 3.8) is 0 Å². The molecule has 4 aromatic heterocycles. The molecule has 7 heterocycles. The van der Waals surface area contributed by atoms with Gasteiger partial charge in [-0.05, 0) is 0 Å². The number of ether oxygens (including phenoxy) is 1. The summed E-state index contributed by atoms with van der Waals surface area (Å²) in [4.78, 5) is 34.7. The number of anilines is 2. The van der Waals surface area contributed by atoms with Gasteiger partial charge in [0.25, 0.3) is 5.56 Å². The number of imidazole rings is 2. The zero-order valence-electron chi connectivity index (χ0n) is 21.4. The number of alkyl halides is 2. The molecular weight excluding hydrogens is 640 g/mol. The highest BCUT2D eigenvalue weighted by Gasteiger charge is 2.56. The molecule has 226 valence electrons. The van der Waals surface area contributed by atoms with Gasteiger partial charge in [0.15, 0.2) is 47.2 Å². The molecule has 3 aliphatic heterocycles. The SMILES string of the molecule is Nc1nc2c(ncn2[C@@H]2S[C@@H]3CO[P+](=O)O[C@H]4[C@H](F)[C@H](n5cnc6c(N)ncnc65)O[C@@H]4CO[P+](=O)O[C@@H]2[C@@H]3F)c(=O)[nH]1. The number of aromatic nitrogens is 8. The fourth-order valence-corrected chi connectivity index (χ4v) is 8.25. The van der Waals surface area contributed by atoms with Gasteiger partial charge in [-0.15, -0.1) is 29.9 Å². The number of nitrogens with two attached hydrogens (primary N) is 2. The molecule has 3 fully saturated rings. The van der Waals surface area contributed by atoms with Crippen LogP contribution in [0.4, 0.5) is 20.5 Å². The minimum Gasteiger partial charge on any atom is -0.382 e. The monoisotopic (exact) mass is 660 g/mol. The van der Waals surface area contributed by atoms with Crippen molar-refractivity contribution in [1.82, 2.24) is 39.0 Å². The molecule has 0 saturated carbocycles. The van der Waals surface area contributed by atoms with E-state index in [2.05, 4.69) is 29.9 Å². The summed E-state index contributed by atoms with van der Waals surface area (Å²) in [6.45, 7) is -1.02. The molecule has 5 N–H and O–H groups in total. The number of halogens is 2. The van der Waals surface area contributed by atoms with Crippen LogP contribution in [0.3, 0.4) is 0 Å². The normalized spacial score (nSPS) is 33.7. The standard InChI is InChI=1S/C20H19F2N10O8P2S/c21-8-7-2-37-42(35)39-12-6(38-18(9(12)22)31-4-27-10-14(23)25-3-26-15(10)31)1-36-41(34)40-13(8)19(43-7)32-5-28-11-16(32)29-20(24)30-17(11)33/h3-9,12-13,18-19H,1-2H2,(H4-,23,24,25,26,29,30,33)/q+1/p+1/t6-,7-,8-,9+,12-,13-,18-,19-/m1/s1. The van der Waals surface area contributed by atoms with Gasteiger partial charge >= 0.3 is 16.5 Å². The molecule has 0 radical (unpaired) electrons. The summed E-state index contributed by atoms with van der Waals surface area (Å²) in [5, 5.41) is -1.99. The van der Waals surface area contributed by atoms with Crippen molar-refractivity contribution in [3.05, 3.63) is 29.3 Å². The lowest BCUT2D eigenvalue weighted by molar-refractivity contribution is -0.0413. The predicted molar refractivity (Wildman–Crippen MR) is 143 cm³/mol. The second-order valence-corrected chi connectivity index (χ2v) is 12.7. The molecule has 0 spiro atoms. The molecule has 3 saturated heterocycles.